The Morgan fingerprint density at radius 3 is 2.30 bits per heavy atom. The van der Waals surface area contributed by atoms with E-state index in [1.54, 1.807) is 0 Å². The lowest BCUT2D eigenvalue weighted by molar-refractivity contribution is 0.669. The van der Waals surface area contributed by atoms with Crippen LogP contribution in [-0.4, -0.2) is 5.71 Å². The van der Waals surface area contributed by atoms with E-state index in [2.05, 4.69) is 67.6 Å². The average molecular weight is 353 g/mol. The van der Waals surface area contributed by atoms with E-state index >= 15 is 0 Å². The molecule has 0 aliphatic carbocycles. The largest absolute Gasteiger partial charge is 0.455 e. The summed E-state index contributed by atoms with van der Waals surface area (Å²) >= 11 is 0. The Bertz CT molecular complexity index is 1160. The topological polar surface area (TPSA) is 25.5 Å². The number of hydrogen-bond acceptors (Lipinski definition) is 2. The van der Waals surface area contributed by atoms with Gasteiger partial charge in [-0.05, 0) is 31.9 Å². The Balaban J connectivity index is 2.01. The van der Waals surface area contributed by atoms with Crippen molar-refractivity contribution in [2.45, 2.75) is 27.2 Å². The monoisotopic (exact) mass is 353 g/mol. The van der Waals surface area contributed by atoms with Crippen LogP contribution in [0.5, 0.6) is 0 Å². The first-order valence-electron chi connectivity index (χ1n) is 9.43. The second-order valence-electron chi connectivity index (χ2n) is 6.67. The first kappa shape index (κ1) is 17.3. The summed E-state index contributed by atoms with van der Waals surface area (Å²) in [5.74, 6) is 0. The molecule has 4 aromatic rings. The zero-order valence-corrected chi connectivity index (χ0v) is 16.0. The van der Waals surface area contributed by atoms with Crippen LogP contribution in [0.25, 0.3) is 33.1 Å². The van der Waals surface area contributed by atoms with Crippen molar-refractivity contribution in [3.8, 4) is 11.1 Å². The average Bonchev–Trinajstić information content (AvgIpc) is 3.11. The molecule has 0 aliphatic rings. The Labute approximate surface area is 159 Å². The van der Waals surface area contributed by atoms with Crippen molar-refractivity contribution in [2.75, 3.05) is 0 Å². The van der Waals surface area contributed by atoms with Crippen LogP contribution >= 0.6 is 0 Å². The first-order valence-corrected chi connectivity index (χ1v) is 9.43. The molecule has 0 radical (unpaired) electrons. The first-order chi connectivity index (χ1) is 13.2. The van der Waals surface area contributed by atoms with Crippen molar-refractivity contribution in [2.24, 2.45) is 4.99 Å². The van der Waals surface area contributed by atoms with E-state index in [0.717, 1.165) is 56.5 Å². The SMILES string of the molecule is C/C=C(C)\N=C(/CC)c1cccc2c1oc1c(-c3ccccc3)cccc12. The molecule has 0 atom stereocenters. The van der Waals surface area contributed by atoms with Crippen molar-refractivity contribution >= 4 is 27.7 Å². The number of hydrogen-bond donors (Lipinski definition) is 0. The summed E-state index contributed by atoms with van der Waals surface area (Å²) in [4.78, 5) is 4.80. The third kappa shape index (κ3) is 3.08. The highest BCUT2D eigenvalue weighted by Crippen LogP contribution is 2.37. The third-order valence-corrected chi connectivity index (χ3v) is 4.98. The van der Waals surface area contributed by atoms with Crippen molar-refractivity contribution in [3.05, 3.63) is 84.1 Å². The Morgan fingerprint density at radius 2 is 1.59 bits per heavy atom. The maximum absolute atomic E-state index is 6.47. The quantitative estimate of drug-likeness (QED) is 0.351. The van der Waals surface area contributed by atoms with E-state index in [9.17, 15) is 0 Å². The van der Waals surface area contributed by atoms with Gasteiger partial charge in [0.1, 0.15) is 11.2 Å². The molecule has 0 N–H and O–H groups in total. The highest BCUT2D eigenvalue weighted by Gasteiger charge is 2.16. The molecule has 0 unspecified atom stereocenters. The molecule has 2 nitrogen and oxygen atoms in total. The molecular formula is C25H23NO. The Hall–Kier alpha value is -3.13. The third-order valence-electron chi connectivity index (χ3n) is 4.98. The van der Waals surface area contributed by atoms with E-state index in [0.29, 0.717) is 0 Å². The second-order valence-corrected chi connectivity index (χ2v) is 6.67. The van der Waals surface area contributed by atoms with Crippen LogP contribution in [0.3, 0.4) is 0 Å². The zero-order valence-electron chi connectivity index (χ0n) is 16.0. The van der Waals surface area contributed by atoms with Crippen molar-refractivity contribution in [1.29, 1.82) is 0 Å². The number of aliphatic imine (C=N–C) groups is 1. The van der Waals surface area contributed by atoms with Gasteiger partial charge in [0.15, 0.2) is 0 Å². The van der Waals surface area contributed by atoms with E-state index in [1.165, 1.54) is 0 Å². The van der Waals surface area contributed by atoms with Gasteiger partial charge in [-0.15, -0.1) is 0 Å². The van der Waals surface area contributed by atoms with Gasteiger partial charge in [0.05, 0.1) is 5.71 Å². The van der Waals surface area contributed by atoms with Crippen molar-refractivity contribution < 1.29 is 4.42 Å². The summed E-state index contributed by atoms with van der Waals surface area (Å²) in [7, 11) is 0. The van der Waals surface area contributed by atoms with Gasteiger partial charge in [0.2, 0.25) is 0 Å². The molecular weight excluding hydrogens is 330 g/mol. The number of furan rings is 1. The summed E-state index contributed by atoms with van der Waals surface area (Å²) in [6.45, 7) is 6.18. The lowest BCUT2D eigenvalue weighted by atomic mass is 10.0. The number of benzene rings is 3. The fourth-order valence-corrected chi connectivity index (χ4v) is 3.50. The van der Waals surface area contributed by atoms with Gasteiger partial charge in [-0.2, -0.15) is 0 Å². The van der Waals surface area contributed by atoms with E-state index < -0.39 is 0 Å². The lowest BCUT2D eigenvalue weighted by Crippen LogP contribution is -1.99. The highest BCUT2D eigenvalue weighted by atomic mass is 16.3. The summed E-state index contributed by atoms with van der Waals surface area (Å²) in [6.07, 6.45) is 2.88. The van der Waals surface area contributed by atoms with Gasteiger partial charge in [-0.25, -0.2) is 0 Å². The van der Waals surface area contributed by atoms with Crippen LogP contribution in [0.15, 0.2) is 87.9 Å². The van der Waals surface area contributed by atoms with E-state index in [1.807, 2.05) is 26.0 Å². The molecule has 0 aliphatic heterocycles. The molecule has 0 spiro atoms. The molecule has 4 rings (SSSR count). The second kappa shape index (κ2) is 7.24. The molecule has 0 saturated carbocycles. The Kier molecular flexibility index (Phi) is 4.64. The molecule has 3 aromatic carbocycles. The molecule has 2 heteroatoms. The number of para-hydroxylation sites is 2. The van der Waals surface area contributed by atoms with E-state index in [4.69, 9.17) is 9.41 Å². The molecule has 0 fully saturated rings. The number of nitrogens with zero attached hydrogens (tertiary/aromatic N) is 1. The zero-order chi connectivity index (χ0) is 18.8. The van der Waals surface area contributed by atoms with Gasteiger partial charge < -0.3 is 4.42 Å². The van der Waals surface area contributed by atoms with Crippen LogP contribution in [0, 0.1) is 0 Å². The van der Waals surface area contributed by atoms with Gasteiger partial charge in [0, 0.05) is 27.6 Å². The van der Waals surface area contributed by atoms with Crippen LogP contribution in [0.2, 0.25) is 0 Å². The summed E-state index contributed by atoms with van der Waals surface area (Å²) in [5.41, 5.74) is 7.28. The van der Waals surface area contributed by atoms with Crippen LogP contribution in [0.1, 0.15) is 32.8 Å². The fraction of sp³-hybridized carbons (Fsp3) is 0.160. The minimum absolute atomic E-state index is 0.854. The highest BCUT2D eigenvalue weighted by molar-refractivity contribution is 6.17. The van der Waals surface area contributed by atoms with Crippen molar-refractivity contribution in [1.82, 2.24) is 0 Å². The minimum Gasteiger partial charge on any atom is -0.455 e. The van der Waals surface area contributed by atoms with Crippen LogP contribution < -0.4 is 0 Å². The van der Waals surface area contributed by atoms with E-state index in [-0.39, 0.29) is 0 Å². The lowest BCUT2D eigenvalue weighted by Gasteiger charge is -2.05. The maximum Gasteiger partial charge on any atom is 0.144 e. The van der Waals surface area contributed by atoms with Crippen LogP contribution in [-0.2, 0) is 0 Å². The summed E-state index contributed by atoms with van der Waals surface area (Å²) in [6, 6.07) is 23.1. The molecule has 27 heavy (non-hydrogen) atoms. The standard InChI is InChI=1S/C25H23NO/c1-4-17(3)26-23(5-2)22-16-10-15-21-20-14-9-13-19(24(20)27-25(21)22)18-11-7-6-8-12-18/h4,6-16H,5H2,1-3H3/b17-4-,26-23+. The van der Waals surface area contributed by atoms with Crippen molar-refractivity contribution in [3.63, 3.8) is 0 Å². The summed E-state index contributed by atoms with van der Waals surface area (Å²) < 4.78 is 6.47. The number of allylic oxidation sites excluding steroid dienone is 2. The van der Waals surface area contributed by atoms with Gasteiger partial charge in [-0.3, -0.25) is 4.99 Å². The van der Waals surface area contributed by atoms with Gasteiger partial charge in [0.25, 0.3) is 0 Å². The van der Waals surface area contributed by atoms with Gasteiger partial charge in [-0.1, -0.05) is 73.7 Å². The summed E-state index contributed by atoms with van der Waals surface area (Å²) in [5, 5.41) is 2.28. The smallest absolute Gasteiger partial charge is 0.144 e. The molecule has 0 amide bonds. The molecule has 1 heterocycles. The van der Waals surface area contributed by atoms with Crippen LogP contribution in [0.4, 0.5) is 0 Å². The fourth-order valence-electron chi connectivity index (χ4n) is 3.50. The predicted molar refractivity (Wildman–Crippen MR) is 115 cm³/mol. The predicted octanol–water partition coefficient (Wildman–Crippen LogP) is 7.38. The number of rotatable bonds is 4. The molecule has 0 bridgehead atoms. The minimum atomic E-state index is 0.854. The molecule has 0 saturated heterocycles. The van der Waals surface area contributed by atoms with Gasteiger partial charge >= 0.3 is 0 Å². The Morgan fingerprint density at radius 1 is 0.889 bits per heavy atom. The molecule has 134 valence electrons. The normalized spacial score (nSPS) is 12.9. The number of fused-ring (bicyclic) bond motifs is 3. The molecule has 1 aromatic heterocycles. The maximum atomic E-state index is 6.47.